The average Bonchev–Trinajstić information content (AvgIpc) is 2.57. The van der Waals surface area contributed by atoms with E-state index >= 15 is 0 Å². The van der Waals surface area contributed by atoms with Crippen LogP contribution >= 0.6 is 11.6 Å². The molecule has 2 rings (SSSR count). The van der Waals surface area contributed by atoms with Crippen molar-refractivity contribution in [1.29, 1.82) is 0 Å². The third kappa shape index (κ3) is 4.73. The van der Waals surface area contributed by atoms with Crippen LogP contribution in [0, 0.1) is 0 Å². The number of para-hydroxylation sites is 1. The molecule has 0 radical (unpaired) electrons. The number of hydrogen-bond acceptors (Lipinski definition) is 3. The Balaban J connectivity index is 2.02. The van der Waals surface area contributed by atoms with Gasteiger partial charge >= 0.3 is 0 Å². The Labute approximate surface area is 146 Å². The number of amides is 2. The lowest BCUT2D eigenvalue weighted by Crippen LogP contribution is -2.32. The second kappa shape index (κ2) is 8.36. The Morgan fingerprint density at radius 1 is 1.17 bits per heavy atom. The highest BCUT2D eigenvalue weighted by atomic mass is 35.5. The maximum absolute atomic E-state index is 12.1. The summed E-state index contributed by atoms with van der Waals surface area (Å²) in [6, 6.07) is 14.2. The molecule has 0 fully saturated rings. The van der Waals surface area contributed by atoms with Crippen LogP contribution in [0.4, 0.5) is 11.4 Å². The predicted octanol–water partition coefficient (Wildman–Crippen LogP) is 3.73. The number of carbonyl (C=O) groups excluding carboxylic acids is 2. The van der Waals surface area contributed by atoms with E-state index in [-0.39, 0.29) is 24.8 Å². The Bertz CT molecular complexity index is 734. The lowest BCUT2D eigenvalue weighted by molar-refractivity contribution is -0.117. The smallest absolute Gasteiger partial charge is 0.226 e. The summed E-state index contributed by atoms with van der Waals surface area (Å²) in [5.74, 6) is 0.297. The summed E-state index contributed by atoms with van der Waals surface area (Å²) in [7, 11) is 1.56. The topological polar surface area (TPSA) is 58.6 Å². The lowest BCUT2D eigenvalue weighted by atomic mass is 10.2. The van der Waals surface area contributed by atoms with Crippen molar-refractivity contribution in [3.05, 3.63) is 53.6 Å². The summed E-state index contributed by atoms with van der Waals surface area (Å²) in [6.45, 7) is 1.73. The van der Waals surface area contributed by atoms with Crippen molar-refractivity contribution in [2.75, 3.05) is 23.9 Å². The van der Waals surface area contributed by atoms with Gasteiger partial charge in [0.2, 0.25) is 11.8 Å². The first-order chi connectivity index (χ1) is 11.5. The zero-order valence-corrected chi connectivity index (χ0v) is 14.3. The minimum Gasteiger partial charge on any atom is -0.497 e. The van der Waals surface area contributed by atoms with Crippen molar-refractivity contribution in [3.63, 3.8) is 0 Å². The third-order valence-electron chi connectivity index (χ3n) is 3.46. The van der Waals surface area contributed by atoms with E-state index in [9.17, 15) is 9.59 Å². The highest BCUT2D eigenvalue weighted by molar-refractivity contribution is 6.33. The number of nitrogens with zero attached hydrogens (tertiary/aromatic N) is 1. The molecule has 0 atom stereocenters. The van der Waals surface area contributed by atoms with Crippen LogP contribution < -0.4 is 15.0 Å². The fourth-order valence-corrected chi connectivity index (χ4v) is 2.42. The van der Waals surface area contributed by atoms with Gasteiger partial charge in [-0.25, -0.2) is 0 Å². The van der Waals surface area contributed by atoms with Gasteiger partial charge in [0.25, 0.3) is 0 Å². The van der Waals surface area contributed by atoms with Gasteiger partial charge in [-0.15, -0.1) is 0 Å². The Kier molecular flexibility index (Phi) is 6.21. The molecular weight excluding hydrogens is 328 g/mol. The number of rotatable bonds is 6. The van der Waals surface area contributed by atoms with E-state index in [2.05, 4.69) is 5.32 Å². The molecule has 0 spiro atoms. The van der Waals surface area contributed by atoms with Gasteiger partial charge in [0.1, 0.15) is 5.75 Å². The second-order valence-corrected chi connectivity index (χ2v) is 5.56. The molecule has 126 valence electrons. The molecule has 0 saturated carbocycles. The summed E-state index contributed by atoms with van der Waals surface area (Å²) < 4.78 is 5.17. The molecule has 0 bridgehead atoms. The van der Waals surface area contributed by atoms with Crippen LogP contribution in [0.2, 0.25) is 5.02 Å². The van der Waals surface area contributed by atoms with Gasteiger partial charge in [0, 0.05) is 31.6 Å². The molecule has 0 aromatic heterocycles. The van der Waals surface area contributed by atoms with Gasteiger partial charge in [0.05, 0.1) is 17.8 Å². The second-order valence-electron chi connectivity index (χ2n) is 5.15. The highest BCUT2D eigenvalue weighted by Gasteiger charge is 2.14. The van der Waals surface area contributed by atoms with Crippen molar-refractivity contribution in [3.8, 4) is 5.75 Å². The van der Waals surface area contributed by atoms with Crippen LogP contribution in [0.1, 0.15) is 13.3 Å². The predicted molar refractivity (Wildman–Crippen MR) is 95.7 cm³/mol. The molecule has 0 unspecified atom stereocenters. The van der Waals surface area contributed by atoms with Crippen LogP contribution in [-0.2, 0) is 9.59 Å². The quantitative estimate of drug-likeness (QED) is 0.867. The summed E-state index contributed by atoms with van der Waals surface area (Å²) in [6.07, 6.45) is 0.155. The first-order valence-electron chi connectivity index (χ1n) is 7.48. The van der Waals surface area contributed by atoms with E-state index in [1.807, 2.05) is 0 Å². The Hall–Kier alpha value is -2.53. The molecule has 2 amide bonds. The number of anilines is 2. The number of halogens is 1. The molecule has 0 aliphatic carbocycles. The van der Waals surface area contributed by atoms with Gasteiger partial charge in [0.15, 0.2) is 0 Å². The molecule has 2 aromatic rings. The number of hydrogen-bond donors (Lipinski definition) is 1. The minimum absolute atomic E-state index is 0.145. The first-order valence-corrected chi connectivity index (χ1v) is 7.85. The maximum atomic E-state index is 12.1. The fourth-order valence-electron chi connectivity index (χ4n) is 2.24. The van der Waals surface area contributed by atoms with E-state index in [1.165, 1.54) is 11.8 Å². The van der Waals surface area contributed by atoms with Crippen molar-refractivity contribution in [1.82, 2.24) is 0 Å². The van der Waals surface area contributed by atoms with Crippen LogP contribution in [0.5, 0.6) is 5.75 Å². The molecular formula is C18H19ClN2O3. The molecule has 1 N–H and O–H groups in total. The van der Waals surface area contributed by atoms with E-state index in [1.54, 1.807) is 55.6 Å². The van der Waals surface area contributed by atoms with Gasteiger partial charge in [-0.1, -0.05) is 29.8 Å². The molecule has 0 aliphatic rings. The van der Waals surface area contributed by atoms with E-state index in [0.717, 1.165) is 0 Å². The zero-order valence-electron chi connectivity index (χ0n) is 13.6. The van der Waals surface area contributed by atoms with Crippen LogP contribution in [0.15, 0.2) is 48.5 Å². The van der Waals surface area contributed by atoms with Crippen LogP contribution in [0.3, 0.4) is 0 Å². The monoisotopic (exact) mass is 346 g/mol. The lowest BCUT2D eigenvalue weighted by Gasteiger charge is -2.21. The summed E-state index contributed by atoms with van der Waals surface area (Å²) in [5.41, 5.74) is 1.24. The molecule has 24 heavy (non-hydrogen) atoms. The van der Waals surface area contributed by atoms with E-state index in [4.69, 9.17) is 16.3 Å². The SMILES string of the molecule is COc1cccc(N(CCC(=O)Nc2ccccc2Cl)C(C)=O)c1. The standard InChI is InChI=1S/C18H19ClN2O3/c1-13(22)21(14-6-5-7-15(12-14)24-2)11-10-18(23)20-17-9-4-3-8-16(17)19/h3-9,12H,10-11H2,1-2H3,(H,20,23). The van der Waals surface area contributed by atoms with Crippen molar-refractivity contribution < 1.29 is 14.3 Å². The molecule has 6 heteroatoms. The summed E-state index contributed by atoms with van der Waals surface area (Å²) >= 11 is 6.02. The number of carbonyl (C=O) groups is 2. The van der Waals surface area contributed by atoms with Gasteiger partial charge in [-0.05, 0) is 24.3 Å². The minimum atomic E-state index is -0.211. The van der Waals surface area contributed by atoms with E-state index < -0.39 is 0 Å². The molecule has 2 aromatic carbocycles. The third-order valence-corrected chi connectivity index (χ3v) is 3.79. The van der Waals surface area contributed by atoms with Gasteiger partial charge in [-0.2, -0.15) is 0 Å². The fraction of sp³-hybridized carbons (Fsp3) is 0.222. The maximum Gasteiger partial charge on any atom is 0.226 e. The van der Waals surface area contributed by atoms with Crippen LogP contribution in [0.25, 0.3) is 0 Å². The van der Waals surface area contributed by atoms with Crippen molar-refractivity contribution in [2.45, 2.75) is 13.3 Å². The summed E-state index contributed by atoms with van der Waals surface area (Å²) in [4.78, 5) is 25.6. The largest absolute Gasteiger partial charge is 0.497 e. The average molecular weight is 347 g/mol. The zero-order chi connectivity index (χ0) is 17.5. The Morgan fingerprint density at radius 3 is 2.58 bits per heavy atom. The van der Waals surface area contributed by atoms with Crippen molar-refractivity contribution in [2.24, 2.45) is 0 Å². The molecule has 5 nitrogen and oxygen atoms in total. The summed E-state index contributed by atoms with van der Waals surface area (Å²) in [5, 5.41) is 3.22. The first kappa shape index (κ1) is 17.8. The molecule has 0 heterocycles. The number of methoxy groups -OCH3 is 1. The molecule has 0 saturated heterocycles. The van der Waals surface area contributed by atoms with Crippen molar-refractivity contribution >= 4 is 34.8 Å². The number of nitrogens with one attached hydrogen (secondary N) is 1. The highest BCUT2D eigenvalue weighted by Crippen LogP contribution is 2.22. The van der Waals surface area contributed by atoms with E-state index in [0.29, 0.717) is 22.1 Å². The normalized spacial score (nSPS) is 10.1. The number of benzene rings is 2. The van der Waals surface area contributed by atoms with Gasteiger partial charge < -0.3 is 15.0 Å². The van der Waals surface area contributed by atoms with Gasteiger partial charge in [-0.3, -0.25) is 9.59 Å². The molecule has 0 aliphatic heterocycles. The van der Waals surface area contributed by atoms with Crippen LogP contribution in [-0.4, -0.2) is 25.5 Å². The Morgan fingerprint density at radius 2 is 1.92 bits per heavy atom. The number of ether oxygens (including phenoxy) is 1.